The van der Waals surface area contributed by atoms with E-state index in [4.69, 9.17) is 0 Å². The molecule has 0 saturated carbocycles. The van der Waals surface area contributed by atoms with E-state index in [9.17, 15) is 10.1 Å². The Hall–Kier alpha value is -2.25. The summed E-state index contributed by atoms with van der Waals surface area (Å²) in [4.78, 5) is 12.5. The van der Waals surface area contributed by atoms with Crippen molar-refractivity contribution in [1.29, 1.82) is 0 Å². The predicted octanol–water partition coefficient (Wildman–Crippen LogP) is 2.28. The van der Waals surface area contributed by atoms with E-state index >= 15 is 0 Å². The van der Waals surface area contributed by atoms with E-state index in [1.165, 1.54) is 12.1 Å². The molecule has 2 rings (SSSR count). The van der Waals surface area contributed by atoms with E-state index < -0.39 is 0 Å². The fraction of sp³-hybridized carbons (Fsp3) is 0.438. The van der Waals surface area contributed by atoms with Gasteiger partial charge in [-0.3, -0.25) is 14.8 Å². The minimum Gasteiger partial charge on any atom is -0.308 e. The number of aryl methyl sites for hydroxylation is 1. The van der Waals surface area contributed by atoms with Crippen LogP contribution in [0.3, 0.4) is 0 Å². The zero-order chi connectivity index (χ0) is 17.0. The first-order valence-corrected chi connectivity index (χ1v) is 7.51. The van der Waals surface area contributed by atoms with Crippen LogP contribution in [0.1, 0.15) is 30.1 Å². The predicted molar refractivity (Wildman–Crippen MR) is 89.2 cm³/mol. The topological polar surface area (TPSA) is 76.2 Å². The molecule has 0 saturated heterocycles. The summed E-state index contributed by atoms with van der Waals surface area (Å²) in [7, 11) is 5.98. The van der Waals surface area contributed by atoms with Crippen molar-refractivity contribution < 1.29 is 4.92 Å². The average molecular weight is 317 g/mol. The molecule has 1 N–H and O–H groups in total. The molecule has 0 spiro atoms. The number of nitrogens with one attached hydrogen (secondary N) is 1. The van der Waals surface area contributed by atoms with Crippen molar-refractivity contribution in [3.8, 4) is 0 Å². The molecule has 0 unspecified atom stereocenters. The summed E-state index contributed by atoms with van der Waals surface area (Å²) >= 11 is 0. The van der Waals surface area contributed by atoms with Crippen LogP contribution in [-0.2, 0) is 7.05 Å². The summed E-state index contributed by atoms with van der Waals surface area (Å²) in [6, 6.07) is 6.99. The molecule has 2 atom stereocenters. The minimum atomic E-state index is -0.383. The Morgan fingerprint density at radius 2 is 1.96 bits per heavy atom. The van der Waals surface area contributed by atoms with Crippen LogP contribution in [0.5, 0.6) is 0 Å². The third-order valence-corrected chi connectivity index (χ3v) is 3.95. The van der Waals surface area contributed by atoms with Gasteiger partial charge in [0, 0.05) is 49.6 Å². The fourth-order valence-corrected chi connectivity index (χ4v) is 2.50. The van der Waals surface area contributed by atoms with Gasteiger partial charge in [-0.25, -0.2) is 0 Å². The van der Waals surface area contributed by atoms with E-state index in [-0.39, 0.29) is 22.7 Å². The molecule has 1 aromatic carbocycles. The molecule has 0 aliphatic rings. The van der Waals surface area contributed by atoms with Crippen molar-refractivity contribution in [3.05, 3.63) is 57.9 Å². The molecule has 0 aliphatic carbocycles. The molecule has 1 heterocycles. The number of hydrogen-bond donors (Lipinski definition) is 1. The van der Waals surface area contributed by atoms with Crippen LogP contribution in [0.25, 0.3) is 0 Å². The summed E-state index contributed by atoms with van der Waals surface area (Å²) in [6.45, 7) is 2.81. The summed E-state index contributed by atoms with van der Waals surface area (Å²) < 4.78 is 1.80. The van der Waals surface area contributed by atoms with Gasteiger partial charge in [-0.2, -0.15) is 5.10 Å². The molecule has 1 aromatic heterocycles. The Morgan fingerprint density at radius 3 is 2.43 bits per heavy atom. The molecule has 0 amide bonds. The standard InChI is InChI=1S/C16H23N5O2/c1-12(13-5-7-15(8-6-13)21(22)23)17-10-16(19(2)3)14-9-18-20(4)11-14/h5-9,11-12,16-17H,10H2,1-4H3/t12-,16+/m1/s1. The van der Waals surface area contributed by atoms with E-state index in [0.717, 1.165) is 17.7 Å². The highest BCUT2D eigenvalue weighted by molar-refractivity contribution is 5.34. The van der Waals surface area contributed by atoms with Crippen LogP contribution in [-0.4, -0.2) is 40.2 Å². The first kappa shape index (κ1) is 17.1. The molecule has 2 aromatic rings. The second-order valence-corrected chi connectivity index (χ2v) is 5.91. The van der Waals surface area contributed by atoms with E-state index in [2.05, 4.69) is 22.2 Å². The van der Waals surface area contributed by atoms with Crippen molar-refractivity contribution >= 4 is 5.69 Å². The molecule has 7 heteroatoms. The van der Waals surface area contributed by atoms with E-state index in [1.807, 2.05) is 33.5 Å². The van der Waals surface area contributed by atoms with Crippen LogP contribution < -0.4 is 5.32 Å². The average Bonchev–Trinajstić information content (AvgIpc) is 2.93. The quantitative estimate of drug-likeness (QED) is 0.626. The number of aromatic nitrogens is 2. The monoisotopic (exact) mass is 317 g/mol. The molecular formula is C16H23N5O2. The Labute approximate surface area is 136 Å². The molecular weight excluding hydrogens is 294 g/mol. The van der Waals surface area contributed by atoms with Crippen molar-refractivity contribution in [2.45, 2.75) is 19.0 Å². The van der Waals surface area contributed by atoms with Crippen LogP contribution in [0.15, 0.2) is 36.7 Å². The molecule has 7 nitrogen and oxygen atoms in total. The smallest absolute Gasteiger partial charge is 0.269 e. The number of nitro benzene ring substituents is 1. The zero-order valence-corrected chi connectivity index (χ0v) is 13.9. The normalized spacial score (nSPS) is 14.0. The minimum absolute atomic E-state index is 0.106. The number of nitro groups is 1. The van der Waals surface area contributed by atoms with Gasteiger partial charge < -0.3 is 10.2 Å². The molecule has 0 bridgehead atoms. The van der Waals surface area contributed by atoms with Gasteiger partial charge in [-0.1, -0.05) is 12.1 Å². The SMILES string of the molecule is C[C@@H](NC[C@@H](c1cnn(C)c1)N(C)C)c1ccc([N+](=O)[O-])cc1. The van der Waals surface area contributed by atoms with Crippen LogP contribution in [0.2, 0.25) is 0 Å². The molecule has 0 radical (unpaired) electrons. The van der Waals surface area contributed by atoms with Crippen molar-refractivity contribution in [1.82, 2.24) is 20.0 Å². The summed E-state index contributed by atoms with van der Waals surface area (Å²) in [5, 5.41) is 18.4. The van der Waals surface area contributed by atoms with Gasteiger partial charge in [0.15, 0.2) is 0 Å². The van der Waals surface area contributed by atoms with Gasteiger partial charge >= 0.3 is 0 Å². The lowest BCUT2D eigenvalue weighted by atomic mass is 10.1. The fourth-order valence-electron chi connectivity index (χ4n) is 2.50. The van der Waals surface area contributed by atoms with E-state index in [1.54, 1.807) is 16.8 Å². The highest BCUT2D eigenvalue weighted by atomic mass is 16.6. The number of likely N-dealkylation sites (N-methyl/N-ethyl adjacent to an activating group) is 1. The maximum absolute atomic E-state index is 10.7. The van der Waals surface area contributed by atoms with Gasteiger partial charge in [-0.05, 0) is 26.6 Å². The largest absolute Gasteiger partial charge is 0.308 e. The highest BCUT2D eigenvalue weighted by Crippen LogP contribution is 2.20. The third kappa shape index (κ3) is 4.37. The van der Waals surface area contributed by atoms with Crippen molar-refractivity contribution in [2.75, 3.05) is 20.6 Å². The number of benzene rings is 1. The van der Waals surface area contributed by atoms with Crippen LogP contribution >= 0.6 is 0 Å². The molecule has 124 valence electrons. The van der Waals surface area contributed by atoms with Gasteiger partial charge in [0.25, 0.3) is 5.69 Å². The molecule has 0 aliphatic heterocycles. The Kier molecular flexibility index (Phi) is 5.46. The maximum Gasteiger partial charge on any atom is 0.269 e. The lowest BCUT2D eigenvalue weighted by Crippen LogP contribution is -2.32. The van der Waals surface area contributed by atoms with Gasteiger partial charge in [-0.15, -0.1) is 0 Å². The molecule has 0 fully saturated rings. The number of non-ortho nitro benzene ring substituents is 1. The summed E-state index contributed by atoms with van der Waals surface area (Å²) in [5.41, 5.74) is 2.29. The number of rotatable bonds is 7. The highest BCUT2D eigenvalue weighted by Gasteiger charge is 2.17. The second-order valence-electron chi connectivity index (χ2n) is 5.91. The second kappa shape index (κ2) is 7.34. The van der Waals surface area contributed by atoms with Gasteiger partial charge in [0.05, 0.1) is 11.1 Å². The van der Waals surface area contributed by atoms with Crippen LogP contribution in [0, 0.1) is 10.1 Å². The number of nitrogens with zero attached hydrogens (tertiary/aromatic N) is 4. The Morgan fingerprint density at radius 1 is 1.30 bits per heavy atom. The first-order valence-electron chi connectivity index (χ1n) is 7.51. The lowest BCUT2D eigenvalue weighted by Gasteiger charge is -2.25. The Bertz CT molecular complexity index is 651. The summed E-state index contributed by atoms with van der Waals surface area (Å²) in [5.74, 6) is 0. The summed E-state index contributed by atoms with van der Waals surface area (Å²) in [6.07, 6.45) is 3.89. The van der Waals surface area contributed by atoms with Crippen molar-refractivity contribution in [3.63, 3.8) is 0 Å². The zero-order valence-electron chi connectivity index (χ0n) is 13.9. The third-order valence-electron chi connectivity index (χ3n) is 3.95. The van der Waals surface area contributed by atoms with Crippen molar-refractivity contribution in [2.24, 2.45) is 7.05 Å². The van der Waals surface area contributed by atoms with E-state index in [0.29, 0.717) is 0 Å². The maximum atomic E-state index is 10.7. The number of hydrogen-bond acceptors (Lipinski definition) is 5. The van der Waals surface area contributed by atoms with Gasteiger partial charge in [0.2, 0.25) is 0 Å². The Balaban J connectivity index is 2.01. The van der Waals surface area contributed by atoms with Gasteiger partial charge in [0.1, 0.15) is 0 Å². The van der Waals surface area contributed by atoms with Crippen LogP contribution in [0.4, 0.5) is 5.69 Å². The lowest BCUT2D eigenvalue weighted by molar-refractivity contribution is -0.384. The first-order chi connectivity index (χ1) is 10.9. The molecule has 23 heavy (non-hydrogen) atoms.